The molecule has 1 aromatic heterocycles. The zero-order valence-electron chi connectivity index (χ0n) is 12.3. The van der Waals surface area contributed by atoms with E-state index in [-0.39, 0.29) is 0 Å². The lowest BCUT2D eigenvalue weighted by molar-refractivity contribution is -0.131. The second kappa shape index (κ2) is 7.09. The molecule has 0 saturated heterocycles. The van der Waals surface area contributed by atoms with Crippen molar-refractivity contribution in [2.75, 3.05) is 4.90 Å². The minimum absolute atomic E-state index is 0.296. The number of aryl methyl sites for hydroxylation is 1. The number of carbonyl (C=O) groups is 2. The Hall–Kier alpha value is -3.33. The van der Waals surface area contributed by atoms with Gasteiger partial charge >= 0.3 is 5.97 Å². The summed E-state index contributed by atoms with van der Waals surface area (Å²) in [5, 5.41) is 18.2. The quantitative estimate of drug-likeness (QED) is 0.857. The number of carboxylic acids is 1. The fourth-order valence-electron chi connectivity index (χ4n) is 2.03. The molecule has 1 heterocycles. The molecule has 2 rings (SSSR count). The molecule has 1 unspecified atom stereocenters. The van der Waals surface area contributed by atoms with Crippen LogP contribution in [0.4, 0.5) is 5.69 Å². The fraction of sp³-hybridized carbons (Fsp3) is 0.118. The maximum absolute atomic E-state index is 12.4. The first kappa shape index (κ1) is 16.0. The molecule has 6 nitrogen and oxygen atoms in total. The second-order valence-electron chi connectivity index (χ2n) is 4.76. The molecule has 1 atom stereocenters. The molecular weight excluding hydrogens is 296 g/mol. The number of benzene rings is 1. The molecule has 6 heteroatoms. The number of hydrogen-bond donors (Lipinski definition) is 1. The zero-order valence-corrected chi connectivity index (χ0v) is 12.3. The van der Waals surface area contributed by atoms with E-state index in [9.17, 15) is 14.9 Å². The first-order valence-corrected chi connectivity index (χ1v) is 6.77. The normalized spacial score (nSPS) is 11.8. The average molecular weight is 310 g/mol. The highest BCUT2D eigenvalue weighted by atomic mass is 16.4. The number of hydrogen-bond acceptors (Lipinski definition) is 4. The number of nitrogens with zero attached hydrogens (tertiary/aromatic N) is 2. The van der Waals surface area contributed by atoms with E-state index in [0.717, 1.165) is 17.7 Å². The van der Waals surface area contributed by atoms with Crippen molar-refractivity contribution in [3.05, 3.63) is 66.1 Å². The van der Waals surface area contributed by atoms with E-state index in [4.69, 9.17) is 9.52 Å². The number of rotatable bonds is 5. The van der Waals surface area contributed by atoms with Crippen LogP contribution >= 0.6 is 0 Å². The van der Waals surface area contributed by atoms with Crippen molar-refractivity contribution in [1.29, 1.82) is 5.26 Å². The Morgan fingerprint density at radius 2 is 1.96 bits per heavy atom. The lowest BCUT2D eigenvalue weighted by Gasteiger charge is -2.25. The maximum atomic E-state index is 12.4. The number of anilines is 1. The van der Waals surface area contributed by atoms with Crippen LogP contribution in [0.1, 0.15) is 17.4 Å². The number of carbonyl (C=O) groups excluding carboxylic acids is 1. The highest BCUT2D eigenvalue weighted by Crippen LogP contribution is 2.28. The molecular formula is C17H14N2O4. The van der Waals surface area contributed by atoms with Gasteiger partial charge in [-0.05, 0) is 31.2 Å². The molecule has 23 heavy (non-hydrogen) atoms. The molecule has 0 radical (unpaired) electrons. The Labute approximate surface area is 132 Å². The van der Waals surface area contributed by atoms with Crippen LogP contribution in [0.3, 0.4) is 0 Å². The molecule has 0 spiro atoms. The van der Waals surface area contributed by atoms with Crippen LogP contribution in [0.25, 0.3) is 0 Å². The number of amides is 1. The minimum Gasteiger partial charge on any atom is -0.478 e. The number of aliphatic carboxylic acids is 1. The van der Waals surface area contributed by atoms with Crippen molar-refractivity contribution in [1.82, 2.24) is 0 Å². The zero-order chi connectivity index (χ0) is 16.8. The Morgan fingerprint density at radius 1 is 1.26 bits per heavy atom. The Bertz CT molecular complexity index is 755. The van der Waals surface area contributed by atoms with Gasteiger partial charge in [0.15, 0.2) is 6.04 Å². The van der Waals surface area contributed by atoms with Crippen LogP contribution in [-0.4, -0.2) is 17.0 Å². The molecule has 1 amide bonds. The summed E-state index contributed by atoms with van der Waals surface area (Å²) < 4.78 is 5.23. The summed E-state index contributed by atoms with van der Waals surface area (Å²) in [6.07, 6.45) is 3.06. The van der Waals surface area contributed by atoms with Crippen molar-refractivity contribution in [2.24, 2.45) is 0 Å². The van der Waals surface area contributed by atoms with E-state index in [2.05, 4.69) is 0 Å². The van der Waals surface area contributed by atoms with Gasteiger partial charge in [-0.1, -0.05) is 17.7 Å². The molecule has 0 saturated carbocycles. The summed E-state index contributed by atoms with van der Waals surface area (Å²) in [5.41, 5.74) is 1.47. The summed E-state index contributed by atoms with van der Waals surface area (Å²) >= 11 is 0. The predicted octanol–water partition coefficient (Wildman–Crippen LogP) is 2.83. The first-order valence-electron chi connectivity index (χ1n) is 6.77. The van der Waals surface area contributed by atoms with Crippen LogP contribution in [0.5, 0.6) is 0 Å². The fourth-order valence-corrected chi connectivity index (χ4v) is 2.03. The summed E-state index contributed by atoms with van der Waals surface area (Å²) in [6.45, 7) is 1.90. The average Bonchev–Trinajstić information content (AvgIpc) is 3.05. The van der Waals surface area contributed by atoms with E-state index in [1.165, 1.54) is 11.2 Å². The van der Waals surface area contributed by atoms with E-state index < -0.39 is 17.9 Å². The van der Waals surface area contributed by atoms with Crippen molar-refractivity contribution in [2.45, 2.75) is 13.0 Å². The standard InChI is InChI=1S/C17H14N2O4/c1-12-4-6-13(7-5-12)19(16(20)8-9-17(21)22)14(11-18)15-3-2-10-23-15/h2-10,14H,1H3,(H,21,22)/b9-8+. The maximum Gasteiger partial charge on any atom is 0.328 e. The van der Waals surface area contributed by atoms with Gasteiger partial charge in [0.25, 0.3) is 5.91 Å². The molecule has 0 fully saturated rings. The molecule has 116 valence electrons. The van der Waals surface area contributed by atoms with Crippen molar-refractivity contribution < 1.29 is 19.1 Å². The van der Waals surface area contributed by atoms with Crippen molar-refractivity contribution in [3.63, 3.8) is 0 Å². The van der Waals surface area contributed by atoms with Gasteiger partial charge in [-0.2, -0.15) is 5.26 Å². The topological polar surface area (TPSA) is 94.5 Å². The smallest absolute Gasteiger partial charge is 0.328 e. The molecule has 1 N–H and O–H groups in total. The molecule has 1 aromatic carbocycles. The minimum atomic E-state index is -1.24. The third kappa shape index (κ3) is 3.86. The van der Waals surface area contributed by atoms with Gasteiger partial charge in [-0.15, -0.1) is 0 Å². The largest absolute Gasteiger partial charge is 0.478 e. The van der Waals surface area contributed by atoms with E-state index in [1.807, 2.05) is 13.0 Å². The first-order chi connectivity index (χ1) is 11.0. The highest BCUT2D eigenvalue weighted by Gasteiger charge is 2.27. The van der Waals surface area contributed by atoms with Gasteiger partial charge in [0, 0.05) is 17.8 Å². The Balaban J connectivity index is 2.46. The highest BCUT2D eigenvalue weighted by molar-refractivity contribution is 6.04. The van der Waals surface area contributed by atoms with Crippen molar-refractivity contribution >= 4 is 17.6 Å². The van der Waals surface area contributed by atoms with Gasteiger partial charge in [0.1, 0.15) is 5.76 Å². The van der Waals surface area contributed by atoms with Gasteiger partial charge in [-0.25, -0.2) is 4.79 Å². The third-order valence-corrected chi connectivity index (χ3v) is 3.11. The number of carboxylic acid groups (broad SMARTS) is 1. The van der Waals surface area contributed by atoms with Crippen LogP contribution in [-0.2, 0) is 9.59 Å². The lowest BCUT2D eigenvalue weighted by Crippen LogP contribution is -2.33. The number of nitriles is 1. The molecule has 0 aliphatic rings. The molecule has 2 aromatic rings. The van der Waals surface area contributed by atoms with Gasteiger partial charge in [0.2, 0.25) is 0 Å². The summed E-state index contributed by atoms with van der Waals surface area (Å²) in [7, 11) is 0. The van der Waals surface area contributed by atoms with Crippen LogP contribution in [0.15, 0.2) is 59.2 Å². The monoisotopic (exact) mass is 310 g/mol. The van der Waals surface area contributed by atoms with Crippen LogP contribution < -0.4 is 4.90 Å². The molecule has 0 aliphatic carbocycles. The third-order valence-electron chi connectivity index (χ3n) is 3.11. The summed E-state index contributed by atoms with van der Waals surface area (Å²) in [5.74, 6) is -1.57. The van der Waals surface area contributed by atoms with Crippen LogP contribution in [0, 0.1) is 18.3 Å². The Kier molecular flexibility index (Phi) is 4.95. The van der Waals surface area contributed by atoms with Gasteiger partial charge in [-0.3, -0.25) is 9.69 Å². The van der Waals surface area contributed by atoms with Gasteiger partial charge < -0.3 is 9.52 Å². The number of furan rings is 1. The van der Waals surface area contributed by atoms with E-state index in [0.29, 0.717) is 11.4 Å². The second-order valence-corrected chi connectivity index (χ2v) is 4.76. The van der Waals surface area contributed by atoms with Gasteiger partial charge in [0.05, 0.1) is 12.3 Å². The SMILES string of the molecule is Cc1ccc(N(C(=O)/C=C/C(=O)O)C(C#N)c2ccco2)cc1. The van der Waals surface area contributed by atoms with E-state index >= 15 is 0 Å². The lowest BCUT2D eigenvalue weighted by atomic mass is 10.1. The van der Waals surface area contributed by atoms with Crippen molar-refractivity contribution in [3.8, 4) is 6.07 Å². The Morgan fingerprint density at radius 3 is 2.48 bits per heavy atom. The molecule has 0 bridgehead atoms. The predicted molar refractivity (Wildman–Crippen MR) is 82.5 cm³/mol. The van der Waals surface area contributed by atoms with Crippen LogP contribution in [0.2, 0.25) is 0 Å². The summed E-state index contributed by atoms with van der Waals surface area (Å²) in [4.78, 5) is 24.2. The van der Waals surface area contributed by atoms with E-state index in [1.54, 1.807) is 36.4 Å². The molecule has 0 aliphatic heterocycles. The summed E-state index contributed by atoms with van der Waals surface area (Å²) in [6, 6.07) is 11.2.